The van der Waals surface area contributed by atoms with Gasteiger partial charge in [-0.15, -0.1) is 0 Å². The Morgan fingerprint density at radius 2 is 1.77 bits per heavy atom. The quantitative estimate of drug-likeness (QED) is 0.371. The molecule has 2 amide bonds. The minimum Gasteiger partial charge on any atom is -0.462 e. The summed E-state index contributed by atoms with van der Waals surface area (Å²) < 4.78 is 7.27. The summed E-state index contributed by atoms with van der Waals surface area (Å²) in [5.74, 6) is -0.414. The van der Waals surface area contributed by atoms with Crippen molar-refractivity contribution in [3.8, 4) is 5.69 Å². The Hall–Kier alpha value is -4.32. The first-order valence-corrected chi connectivity index (χ1v) is 11.7. The van der Waals surface area contributed by atoms with Crippen molar-refractivity contribution in [2.75, 3.05) is 11.9 Å². The molecule has 6 nitrogen and oxygen atoms in total. The van der Waals surface area contributed by atoms with Crippen molar-refractivity contribution in [3.05, 3.63) is 119 Å². The normalized spacial score (nSPS) is 14.5. The molecule has 1 aliphatic rings. The smallest absolute Gasteiger partial charge is 0.338 e. The highest BCUT2D eigenvalue weighted by Crippen LogP contribution is 2.37. The Morgan fingerprint density at radius 1 is 0.971 bits per heavy atom. The molecule has 1 N–H and O–H groups in total. The molecule has 6 heteroatoms. The number of carbonyl (C=O) groups is 2. The Kier molecular flexibility index (Phi) is 6.10. The molecule has 1 aromatic heterocycles. The van der Waals surface area contributed by atoms with Gasteiger partial charge in [-0.2, -0.15) is 0 Å². The van der Waals surface area contributed by atoms with Crippen LogP contribution in [0.15, 0.2) is 91.1 Å². The first kappa shape index (κ1) is 22.5. The van der Waals surface area contributed by atoms with Gasteiger partial charge in [-0.05, 0) is 61.4 Å². The second-order valence-electron chi connectivity index (χ2n) is 8.60. The summed E-state index contributed by atoms with van der Waals surface area (Å²) in [6.07, 6.45) is 2.04. The van der Waals surface area contributed by atoms with Crippen LogP contribution in [0, 0.1) is 6.92 Å². The zero-order valence-corrected chi connectivity index (χ0v) is 19.8. The van der Waals surface area contributed by atoms with E-state index in [0.29, 0.717) is 24.4 Å². The van der Waals surface area contributed by atoms with Crippen LogP contribution in [-0.4, -0.2) is 28.1 Å². The van der Waals surface area contributed by atoms with Gasteiger partial charge in [-0.3, -0.25) is 0 Å². The van der Waals surface area contributed by atoms with E-state index in [4.69, 9.17) is 4.74 Å². The molecule has 0 fully saturated rings. The molecule has 5 rings (SSSR count). The van der Waals surface area contributed by atoms with Gasteiger partial charge in [0.25, 0.3) is 0 Å². The van der Waals surface area contributed by atoms with Gasteiger partial charge in [0.05, 0.1) is 30.4 Å². The first-order chi connectivity index (χ1) is 17.0. The number of aryl methyl sites for hydroxylation is 1. The molecule has 0 radical (unpaired) electrons. The summed E-state index contributed by atoms with van der Waals surface area (Å²) in [6.45, 7) is 4.54. The Balaban J connectivity index is 1.55. The maximum atomic E-state index is 13.8. The number of rotatable bonds is 4. The van der Waals surface area contributed by atoms with Crippen molar-refractivity contribution in [3.63, 3.8) is 0 Å². The summed E-state index contributed by atoms with van der Waals surface area (Å²) >= 11 is 0. The van der Waals surface area contributed by atoms with E-state index in [1.165, 1.54) is 0 Å². The van der Waals surface area contributed by atoms with Crippen LogP contribution in [0.5, 0.6) is 0 Å². The van der Waals surface area contributed by atoms with Crippen LogP contribution in [0.1, 0.15) is 45.7 Å². The van der Waals surface area contributed by atoms with Crippen LogP contribution >= 0.6 is 0 Å². The molecular formula is C29H27N3O3. The molecular weight excluding hydrogens is 438 g/mol. The number of benzene rings is 3. The summed E-state index contributed by atoms with van der Waals surface area (Å²) in [5.41, 5.74) is 6.24. The Morgan fingerprint density at radius 3 is 2.57 bits per heavy atom. The topological polar surface area (TPSA) is 63.6 Å². The zero-order valence-electron chi connectivity index (χ0n) is 19.8. The summed E-state index contributed by atoms with van der Waals surface area (Å²) in [4.78, 5) is 27.8. The van der Waals surface area contributed by atoms with Crippen LogP contribution in [-0.2, 0) is 11.3 Å². The van der Waals surface area contributed by atoms with E-state index in [9.17, 15) is 9.59 Å². The number of aromatic nitrogens is 1. The van der Waals surface area contributed by atoms with Crippen LogP contribution in [0.2, 0.25) is 0 Å². The van der Waals surface area contributed by atoms with Crippen molar-refractivity contribution >= 4 is 17.7 Å². The first-order valence-electron chi connectivity index (χ1n) is 11.7. The molecule has 35 heavy (non-hydrogen) atoms. The average molecular weight is 466 g/mol. The molecule has 2 heterocycles. The molecule has 0 aliphatic carbocycles. The Bertz CT molecular complexity index is 1370. The average Bonchev–Trinajstić information content (AvgIpc) is 3.29. The number of ether oxygens (including phenoxy) is 1. The van der Waals surface area contributed by atoms with Gasteiger partial charge in [0.15, 0.2) is 0 Å². The lowest BCUT2D eigenvalue weighted by Crippen LogP contribution is -2.38. The van der Waals surface area contributed by atoms with Gasteiger partial charge in [0.1, 0.15) is 0 Å². The van der Waals surface area contributed by atoms with E-state index in [0.717, 1.165) is 28.1 Å². The third kappa shape index (κ3) is 4.43. The molecule has 176 valence electrons. The zero-order chi connectivity index (χ0) is 24.4. The number of carbonyl (C=O) groups excluding carboxylic acids is 2. The minimum absolute atomic E-state index is 0.249. The maximum Gasteiger partial charge on any atom is 0.338 e. The van der Waals surface area contributed by atoms with Crippen molar-refractivity contribution < 1.29 is 14.3 Å². The number of para-hydroxylation sites is 1. The number of fused-ring (bicyclic) bond motifs is 3. The van der Waals surface area contributed by atoms with Gasteiger partial charge >= 0.3 is 12.0 Å². The van der Waals surface area contributed by atoms with Crippen LogP contribution in [0.25, 0.3) is 5.69 Å². The number of hydrogen-bond acceptors (Lipinski definition) is 3. The lowest BCUT2D eigenvalue weighted by Gasteiger charge is -2.31. The number of nitrogens with zero attached hydrogens (tertiary/aromatic N) is 2. The van der Waals surface area contributed by atoms with Gasteiger partial charge in [-0.1, -0.05) is 54.1 Å². The van der Waals surface area contributed by atoms with Crippen molar-refractivity contribution in [1.29, 1.82) is 0 Å². The lowest BCUT2D eigenvalue weighted by molar-refractivity contribution is 0.0526. The largest absolute Gasteiger partial charge is 0.462 e. The fourth-order valence-electron chi connectivity index (χ4n) is 4.57. The molecule has 0 saturated heterocycles. The predicted octanol–water partition coefficient (Wildman–Crippen LogP) is 6.10. The van der Waals surface area contributed by atoms with Crippen molar-refractivity contribution in [1.82, 2.24) is 9.47 Å². The molecule has 0 saturated carbocycles. The Labute approximate surface area is 204 Å². The summed E-state index contributed by atoms with van der Waals surface area (Å²) in [6, 6.07) is 26.8. The molecule has 0 bridgehead atoms. The number of nitrogens with one attached hydrogen (secondary N) is 1. The van der Waals surface area contributed by atoms with Crippen LogP contribution in [0.3, 0.4) is 0 Å². The fraction of sp³-hybridized carbons (Fsp3) is 0.172. The molecule has 0 unspecified atom stereocenters. The SMILES string of the molecule is CCOC(=O)c1cccc(NC(=O)N2Cc3ccccc3-n3cccc3[C@H]2c2ccc(C)cc2)c1. The van der Waals surface area contributed by atoms with E-state index in [1.807, 2.05) is 29.3 Å². The van der Waals surface area contributed by atoms with E-state index < -0.39 is 5.97 Å². The van der Waals surface area contributed by atoms with E-state index in [1.54, 1.807) is 31.2 Å². The van der Waals surface area contributed by atoms with Gasteiger partial charge in [0, 0.05) is 17.6 Å². The number of esters is 1. The molecule has 4 aromatic rings. The highest BCUT2D eigenvalue weighted by atomic mass is 16.5. The molecule has 1 atom stereocenters. The monoisotopic (exact) mass is 465 g/mol. The van der Waals surface area contributed by atoms with Crippen LogP contribution < -0.4 is 5.32 Å². The summed E-state index contributed by atoms with van der Waals surface area (Å²) in [5, 5.41) is 3.01. The highest BCUT2D eigenvalue weighted by Gasteiger charge is 2.33. The molecule has 1 aliphatic heterocycles. The minimum atomic E-state index is -0.414. The fourth-order valence-corrected chi connectivity index (χ4v) is 4.57. The summed E-state index contributed by atoms with van der Waals surface area (Å²) in [7, 11) is 0. The maximum absolute atomic E-state index is 13.8. The number of hydrogen-bond donors (Lipinski definition) is 1. The van der Waals surface area contributed by atoms with Crippen molar-refractivity contribution in [2.24, 2.45) is 0 Å². The second-order valence-corrected chi connectivity index (χ2v) is 8.60. The second kappa shape index (κ2) is 9.50. The number of anilines is 1. The lowest BCUT2D eigenvalue weighted by atomic mass is 10.0. The van der Waals surface area contributed by atoms with E-state index in [-0.39, 0.29) is 12.1 Å². The molecule has 0 spiro atoms. The third-order valence-corrected chi connectivity index (χ3v) is 6.24. The molecule has 3 aromatic carbocycles. The standard InChI is InChI=1S/C29H27N3O3/c1-3-35-28(33)22-9-6-10-24(18-22)30-29(34)32-19-23-8-4-5-11-25(23)31-17-7-12-26(31)27(32)21-15-13-20(2)14-16-21/h4-18,27H,3,19H2,1-2H3,(H,30,34)/t27-/m1/s1. The van der Waals surface area contributed by atoms with Gasteiger partial charge in [-0.25, -0.2) is 9.59 Å². The van der Waals surface area contributed by atoms with Crippen molar-refractivity contribution in [2.45, 2.75) is 26.4 Å². The van der Waals surface area contributed by atoms with Gasteiger partial charge in [0.2, 0.25) is 0 Å². The van der Waals surface area contributed by atoms with E-state index in [2.05, 4.69) is 59.3 Å². The number of amides is 2. The van der Waals surface area contributed by atoms with E-state index >= 15 is 0 Å². The number of urea groups is 1. The predicted molar refractivity (Wildman–Crippen MR) is 136 cm³/mol. The highest BCUT2D eigenvalue weighted by molar-refractivity contribution is 5.94. The van der Waals surface area contributed by atoms with Crippen LogP contribution in [0.4, 0.5) is 10.5 Å². The third-order valence-electron chi connectivity index (χ3n) is 6.24. The van der Waals surface area contributed by atoms with Gasteiger partial charge < -0.3 is 19.5 Å².